The Balaban J connectivity index is 1.46. The molecule has 0 bridgehead atoms. The van der Waals surface area contributed by atoms with Gasteiger partial charge in [-0.25, -0.2) is 0 Å². The molecular weight excluding hydrogens is 222 g/mol. The van der Waals surface area contributed by atoms with E-state index >= 15 is 0 Å². The zero-order valence-corrected chi connectivity index (χ0v) is 11.2. The van der Waals surface area contributed by atoms with Gasteiger partial charge < -0.3 is 10.1 Å². The summed E-state index contributed by atoms with van der Waals surface area (Å²) in [5.74, 6) is 0. The molecule has 1 N–H and O–H groups in total. The van der Waals surface area contributed by atoms with Gasteiger partial charge in [-0.1, -0.05) is 36.8 Å². The highest BCUT2D eigenvalue weighted by molar-refractivity contribution is 5.14. The normalized spacial score (nSPS) is 19.9. The molecule has 2 heteroatoms. The quantitative estimate of drug-likeness (QED) is 0.747. The fourth-order valence-electron chi connectivity index (χ4n) is 2.47. The Morgan fingerprint density at radius 2 is 2.00 bits per heavy atom. The summed E-state index contributed by atoms with van der Waals surface area (Å²) >= 11 is 0. The van der Waals surface area contributed by atoms with E-state index in [1.54, 1.807) is 0 Å². The Kier molecular flexibility index (Phi) is 6.24. The van der Waals surface area contributed by atoms with Crippen molar-refractivity contribution in [1.29, 1.82) is 0 Å². The summed E-state index contributed by atoms with van der Waals surface area (Å²) in [6.07, 6.45) is 7.53. The van der Waals surface area contributed by atoms with Crippen LogP contribution in [0.3, 0.4) is 0 Å². The second kappa shape index (κ2) is 8.28. The van der Waals surface area contributed by atoms with Crippen molar-refractivity contribution < 1.29 is 4.74 Å². The summed E-state index contributed by atoms with van der Waals surface area (Å²) < 4.78 is 5.75. The molecule has 1 unspecified atom stereocenters. The van der Waals surface area contributed by atoms with Crippen molar-refractivity contribution in [3.8, 4) is 0 Å². The Morgan fingerprint density at radius 1 is 1.11 bits per heavy atom. The number of rotatable bonds is 7. The van der Waals surface area contributed by atoms with Gasteiger partial charge in [-0.3, -0.25) is 0 Å². The standard InChI is InChI=1S/C16H25NO/c1-2-8-15(9-3-1)10-5-7-13-18-14-16-11-4-6-12-17-16/h1-3,8-9,16-17H,4-7,10-14H2. The molecule has 2 rings (SSSR count). The summed E-state index contributed by atoms with van der Waals surface area (Å²) in [6, 6.07) is 11.3. The fourth-order valence-corrected chi connectivity index (χ4v) is 2.47. The number of ether oxygens (including phenoxy) is 1. The number of hydrogen-bond donors (Lipinski definition) is 1. The van der Waals surface area contributed by atoms with Gasteiger partial charge in [0.15, 0.2) is 0 Å². The minimum absolute atomic E-state index is 0.605. The van der Waals surface area contributed by atoms with Crippen molar-refractivity contribution in [2.45, 2.75) is 44.6 Å². The number of benzene rings is 1. The maximum atomic E-state index is 5.75. The van der Waals surface area contributed by atoms with E-state index in [2.05, 4.69) is 35.6 Å². The van der Waals surface area contributed by atoms with E-state index < -0.39 is 0 Å². The molecule has 1 saturated heterocycles. The Hall–Kier alpha value is -0.860. The van der Waals surface area contributed by atoms with Crippen molar-refractivity contribution in [2.24, 2.45) is 0 Å². The SMILES string of the molecule is c1ccc(CCCCOCC2CCCCN2)cc1. The molecule has 0 spiro atoms. The second-order valence-electron chi connectivity index (χ2n) is 5.16. The maximum absolute atomic E-state index is 5.75. The van der Waals surface area contributed by atoms with Crippen LogP contribution in [0.25, 0.3) is 0 Å². The van der Waals surface area contributed by atoms with E-state index in [9.17, 15) is 0 Å². The van der Waals surface area contributed by atoms with Crippen molar-refractivity contribution in [3.63, 3.8) is 0 Å². The Morgan fingerprint density at radius 3 is 2.78 bits per heavy atom. The van der Waals surface area contributed by atoms with Gasteiger partial charge in [0.2, 0.25) is 0 Å². The molecule has 100 valence electrons. The van der Waals surface area contributed by atoms with Crippen molar-refractivity contribution in [1.82, 2.24) is 5.32 Å². The fraction of sp³-hybridized carbons (Fsp3) is 0.625. The lowest BCUT2D eigenvalue weighted by molar-refractivity contribution is 0.100. The van der Waals surface area contributed by atoms with Crippen LogP contribution >= 0.6 is 0 Å². The van der Waals surface area contributed by atoms with Crippen LogP contribution in [0.4, 0.5) is 0 Å². The van der Waals surface area contributed by atoms with Gasteiger partial charge in [0, 0.05) is 12.6 Å². The maximum Gasteiger partial charge on any atom is 0.0619 e. The van der Waals surface area contributed by atoms with Crippen LogP contribution < -0.4 is 5.32 Å². The van der Waals surface area contributed by atoms with Gasteiger partial charge in [-0.05, 0) is 44.2 Å². The minimum atomic E-state index is 0.605. The van der Waals surface area contributed by atoms with Crippen LogP contribution in [0.15, 0.2) is 30.3 Å². The first-order chi connectivity index (χ1) is 8.95. The van der Waals surface area contributed by atoms with Gasteiger partial charge >= 0.3 is 0 Å². The lowest BCUT2D eigenvalue weighted by Gasteiger charge is -2.23. The summed E-state index contributed by atoms with van der Waals surface area (Å²) in [6.45, 7) is 2.97. The summed E-state index contributed by atoms with van der Waals surface area (Å²) in [4.78, 5) is 0. The highest BCUT2D eigenvalue weighted by atomic mass is 16.5. The van der Waals surface area contributed by atoms with E-state index in [1.807, 2.05) is 0 Å². The molecule has 1 aliphatic heterocycles. The van der Waals surface area contributed by atoms with Crippen molar-refractivity contribution in [2.75, 3.05) is 19.8 Å². The molecule has 0 aliphatic carbocycles. The predicted molar refractivity (Wildman–Crippen MR) is 75.8 cm³/mol. The molecule has 1 aromatic rings. The van der Waals surface area contributed by atoms with Gasteiger partial charge in [-0.2, -0.15) is 0 Å². The molecule has 0 aromatic heterocycles. The molecule has 18 heavy (non-hydrogen) atoms. The lowest BCUT2D eigenvalue weighted by atomic mass is 10.1. The van der Waals surface area contributed by atoms with E-state index in [-0.39, 0.29) is 0 Å². The highest BCUT2D eigenvalue weighted by Gasteiger charge is 2.11. The summed E-state index contributed by atoms with van der Waals surface area (Å²) in [5.41, 5.74) is 1.44. The van der Waals surface area contributed by atoms with Gasteiger partial charge in [0.1, 0.15) is 0 Å². The minimum Gasteiger partial charge on any atom is -0.380 e. The molecule has 1 fully saturated rings. The van der Waals surface area contributed by atoms with E-state index in [4.69, 9.17) is 4.74 Å². The molecular formula is C16H25NO. The van der Waals surface area contributed by atoms with Crippen LogP contribution in [0.2, 0.25) is 0 Å². The molecule has 1 heterocycles. The number of nitrogens with one attached hydrogen (secondary N) is 1. The third-order valence-electron chi connectivity index (χ3n) is 3.58. The number of unbranched alkanes of at least 4 members (excludes halogenated alkanes) is 1. The highest BCUT2D eigenvalue weighted by Crippen LogP contribution is 2.08. The second-order valence-corrected chi connectivity index (χ2v) is 5.16. The molecule has 0 radical (unpaired) electrons. The van der Waals surface area contributed by atoms with Crippen LogP contribution in [0.1, 0.15) is 37.7 Å². The average Bonchev–Trinajstić information content (AvgIpc) is 2.45. The Bertz CT molecular complexity index is 306. The first-order valence-corrected chi connectivity index (χ1v) is 7.30. The largest absolute Gasteiger partial charge is 0.380 e. The van der Waals surface area contributed by atoms with E-state index in [0.717, 1.165) is 13.2 Å². The van der Waals surface area contributed by atoms with Crippen LogP contribution in [0, 0.1) is 0 Å². The number of aryl methyl sites for hydroxylation is 1. The molecule has 1 aromatic carbocycles. The number of piperidine rings is 1. The van der Waals surface area contributed by atoms with Crippen LogP contribution in [-0.4, -0.2) is 25.8 Å². The third-order valence-corrected chi connectivity index (χ3v) is 3.58. The first kappa shape index (κ1) is 13.6. The van der Waals surface area contributed by atoms with Crippen LogP contribution in [-0.2, 0) is 11.2 Å². The van der Waals surface area contributed by atoms with Gasteiger partial charge in [-0.15, -0.1) is 0 Å². The molecule has 1 atom stereocenters. The Labute approximate surface area is 111 Å². The molecule has 0 amide bonds. The molecule has 0 saturated carbocycles. The predicted octanol–water partition coefficient (Wildman–Crippen LogP) is 3.17. The van der Waals surface area contributed by atoms with Crippen molar-refractivity contribution in [3.05, 3.63) is 35.9 Å². The molecule has 2 nitrogen and oxygen atoms in total. The lowest BCUT2D eigenvalue weighted by Crippen LogP contribution is -2.37. The average molecular weight is 247 g/mol. The summed E-state index contributed by atoms with van der Waals surface area (Å²) in [5, 5.41) is 3.51. The summed E-state index contributed by atoms with van der Waals surface area (Å²) in [7, 11) is 0. The molecule has 1 aliphatic rings. The topological polar surface area (TPSA) is 21.3 Å². The number of hydrogen-bond acceptors (Lipinski definition) is 2. The van der Waals surface area contributed by atoms with E-state index in [1.165, 1.54) is 50.6 Å². The zero-order valence-electron chi connectivity index (χ0n) is 11.2. The third kappa shape index (κ3) is 5.19. The zero-order chi connectivity index (χ0) is 12.5. The smallest absolute Gasteiger partial charge is 0.0619 e. The monoisotopic (exact) mass is 247 g/mol. The van der Waals surface area contributed by atoms with Gasteiger partial charge in [0.25, 0.3) is 0 Å². The van der Waals surface area contributed by atoms with Crippen LogP contribution in [0.5, 0.6) is 0 Å². The van der Waals surface area contributed by atoms with E-state index in [0.29, 0.717) is 6.04 Å². The van der Waals surface area contributed by atoms with Crippen molar-refractivity contribution >= 4 is 0 Å². The van der Waals surface area contributed by atoms with Gasteiger partial charge in [0.05, 0.1) is 6.61 Å². The first-order valence-electron chi connectivity index (χ1n) is 7.30.